The topological polar surface area (TPSA) is 88.8 Å². The second-order valence-electron chi connectivity index (χ2n) is 5.35. The van der Waals surface area contributed by atoms with Gasteiger partial charge in [0.15, 0.2) is 4.67 Å². The Balaban J connectivity index is 2.24. The number of hydrogen-bond acceptors (Lipinski definition) is 5. The van der Waals surface area contributed by atoms with Crippen LogP contribution in [0.4, 0.5) is 5.69 Å². The van der Waals surface area contributed by atoms with E-state index >= 15 is 0 Å². The summed E-state index contributed by atoms with van der Waals surface area (Å²) in [5.74, 6) is 0.319. The third-order valence-electron chi connectivity index (χ3n) is 3.26. The lowest BCUT2D eigenvalue weighted by Gasteiger charge is -2.16. The van der Waals surface area contributed by atoms with Gasteiger partial charge >= 0.3 is 0 Å². The zero-order chi connectivity index (χ0) is 19.3. The minimum absolute atomic E-state index is 0.0129. The van der Waals surface area contributed by atoms with Crippen LogP contribution < -0.4 is 10.1 Å². The molecule has 0 atom stereocenters. The molecule has 140 valence electrons. The number of carbonyl (C=O) groups is 1. The fourth-order valence-corrected chi connectivity index (χ4v) is 3.39. The van der Waals surface area contributed by atoms with Crippen molar-refractivity contribution in [2.75, 3.05) is 26.0 Å². The van der Waals surface area contributed by atoms with Crippen molar-refractivity contribution >= 4 is 43.6 Å². The lowest BCUT2D eigenvalue weighted by atomic mass is 10.3. The molecular formula is C17H19BrN2O5S. The van der Waals surface area contributed by atoms with Crippen molar-refractivity contribution in [3.63, 3.8) is 0 Å². The molecule has 1 heterocycles. The molecule has 0 unspecified atom stereocenters. The second kappa shape index (κ2) is 8.52. The molecule has 2 rings (SSSR count). The highest BCUT2D eigenvalue weighted by Crippen LogP contribution is 2.29. The zero-order valence-corrected chi connectivity index (χ0v) is 16.9. The van der Waals surface area contributed by atoms with Gasteiger partial charge in [-0.25, -0.2) is 12.7 Å². The van der Waals surface area contributed by atoms with E-state index in [9.17, 15) is 13.2 Å². The summed E-state index contributed by atoms with van der Waals surface area (Å²) in [6, 6.07) is 7.88. The van der Waals surface area contributed by atoms with E-state index in [1.54, 1.807) is 25.1 Å². The highest BCUT2D eigenvalue weighted by Gasteiger charge is 2.23. The second-order valence-corrected chi connectivity index (χ2v) is 8.25. The molecule has 0 spiro atoms. The molecular weight excluding hydrogens is 424 g/mol. The third-order valence-corrected chi connectivity index (χ3v) is 5.53. The summed E-state index contributed by atoms with van der Waals surface area (Å²) in [7, 11) is -0.860. The molecule has 1 amide bonds. The van der Waals surface area contributed by atoms with E-state index in [2.05, 4.69) is 21.2 Å². The van der Waals surface area contributed by atoms with Crippen LogP contribution in [0.2, 0.25) is 0 Å². The number of benzene rings is 1. The Morgan fingerprint density at radius 2 is 2.04 bits per heavy atom. The fraction of sp³-hybridized carbons (Fsp3) is 0.235. The summed E-state index contributed by atoms with van der Waals surface area (Å²) in [6.07, 6.45) is 2.80. The Hall–Kier alpha value is -2.10. The summed E-state index contributed by atoms with van der Waals surface area (Å²) in [4.78, 5) is 12.0. The van der Waals surface area contributed by atoms with Crippen molar-refractivity contribution in [3.05, 3.63) is 46.8 Å². The van der Waals surface area contributed by atoms with E-state index < -0.39 is 15.9 Å². The molecule has 7 nitrogen and oxygen atoms in total. The standard InChI is InChI=1S/C17H19BrN2O5S/c1-4-24-14-8-5-12(11-15(14)26(22,23)20(2)3)19-17(21)10-7-13-6-9-16(18)25-13/h5-11H,4H2,1-3H3,(H,19,21)/b10-7-. The van der Waals surface area contributed by atoms with Crippen LogP contribution in [0.3, 0.4) is 0 Å². The van der Waals surface area contributed by atoms with E-state index in [1.165, 1.54) is 38.4 Å². The average molecular weight is 443 g/mol. The molecule has 1 N–H and O–H groups in total. The highest BCUT2D eigenvalue weighted by molar-refractivity contribution is 9.10. The first kappa shape index (κ1) is 20.2. The van der Waals surface area contributed by atoms with Crippen molar-refractivity contribution < 1.29 is 22.4 Å². The van der Waals surface area contributed by atoms with E-state index in [4.69, 9.17) is 9.15 Å². The van der Waals surface area contributed by atoms with Gasteiger partial charge < -0.3 is 14.5 Å². The van der Waals surface area contributed by atoms with E-state index in [1.807, 2.05) is 0 Å². The number of halogens is 1. The van der Waals surface area contributed by atoms with Gasteiger partial charge in [-0.2, -0.15) is 0 Å². The van der Waals surface area contributed by atoms with Crippen LogP contribution in [0.25, 0.3) is 6.08 Å². The smallest absolute Gasteiger partial charge is 0.248 e. The molecule has 0 saturated carbocycles. The largest absolute Gasteiger partial charge is 0.492 e. The van der Waals surface area contributed by atoms with Gasteiger partial charge in [-0.15, -0.1) is 0 Å². The number of nitrogens with one attached hydrogen (secondary N) is 1. The molecule has 0 fully saturated rings. The van der Waals surface area contributed by atoms with Crippen molar-refractivity contribution in [2.45, 2.75) is 11.8 Å². The molecule has 26 heavy (non-hydrogen) atoms. The van der Waals surface area contributed by atoms with Crippen molar-refractivity contribution in [3.8, 4) is 5.75 Å². The molecule has 2 aromatic rings. The van der Waals surface area contributed by atoms with Crippen molar-refractivity contribution in [1.29, 1.82) is 0 Å². The molecule has 0 aliphatic heterocycles. The van der Waals surface area contributed by atoms with Crippen LogP contribution in [0.15, 0.2) is 50.4 Å². The Bertz CT molecular complexity index is 919. The first-order valence-electron chi connectivity index (χ1n) is 7.68. The molecule has 0 aliphatic rings. The van der Waals surface area contributed by atoms with E-state index in [-0.39, 0.29) is 10.6 Å². The van der Waals surface area contributed by atoms with Gasteiger partial charge in [0.2, 0.25) is 15.9 Å². The number of hydrogen-bond donors (Lipinski definition) is 1. The number of sulfonamides is 1. The molecule has 9 heteroatoms. The van der Waals surface area contributed by atoms with Gasteiger partial charge in [-0.05, 0) is 59.3 Å². The molecule has 0 bridgehead atoms. The summed E-state index contributed by atoms with van der Waals surface area (Å²) >= 11 is 3.18. The van der Waals surface area contributed by atoms with E-state index in [0.717, 1.165) is 4.31 Å². The maximum absolute atomic E-state index is 12.5. The Labute approximate surface area is 160 Å². The Kier molecular flexibility index (Phi) is 6.63. The average Bonchev–Trinajstić information content (AvgIpc) is 3.00. The lowest BCUT2D eigenvalue weighted by Crippen LogP contribution is -2.23. The molecule has 1 aromatic carbocycles. The van der Waals surface area contributed by atoms with Crippen molar-refractivity contribution in [2.24, 2.45) is 0 Å². The number of nitrogens with zero attached hydrogens (tertiary/aromatic N) is 1. The monoisotopic (exact) mass is 442 g/mol. The predicted molar refractivity (Wildman–Crippen MR) is 103 cm³/mol. The molecule has 0 aliphatic carbocycles. The van der Waals surface area contributed by atoms with Crippen molar-refractivity contribution in [1.82, 2.24) is 4.31 Å². The summed E-state index contributed by atoms with van der Waals surface area (Å²) < 4.78 is 37.3. The first-order valence-corrected chi connectivity index (χ1v) is 9.91. The zero-order valence-electron chi connectivity index (χ0n) is 14.5. The van der Waals surface area contributed by atoms with Gasteiger partial charge in [0.05, 0.1) is 6.61 Å². The van der Waals surface area contributed by atoms with Crippen LogP contribution in [0.1, 0.15) is 12.7 Å². The Morgan fingerprint density at radius 3 is 2.62 bits per heavy atom. The van der Waals surface area contributed by atoms with Crippen LogP contribution in [0.5, 0.6) is 5.75 Å². The highest BCUT2D eigenvalue weighted by atomic mass is 79.9. The summed E-state index contributed by atoms with van der Waals surface area (Å²) in [6.45, 7) is 2.09. The summed E-state index contributed by atoms with van der Waals surface area (Å²) in [5.41, 5.74) is 0.337. The molecule has 1 aromatic heterocycles. The number of furan rings is 1. The number of rotatable bonds is 7. The van der Waals surface area contributed by atoms with Crippen LogP contribution >= 0.6 is 15.9 Å². The maximum atomic E-state index is 12.5. The first-order chi connectivity index (χ1) is 12.2. The predicted octanol–water partition coefficient (Wildman–Crippen LogP) is 3.34. The van der Waals surface area contributed by atoms with Gasteiger partial charge in [0.1, 0.15) is 16.4 Å². The van der Waals surface area contributed by atoms with E-state index in [0.29, 0.717) is 22.7 Å². The number of anilines is 1. The number of carbonyl (C=O) groups excluding carboxylic acids is 1. The van der Waals surface area contributed by atoms with Gasteiger partial charge in [0, 0.05) is 25.9 Å². The van der Waals surface area contributed by atoms with Crippen LogP contribution in [-0.2, 0) is 14.8 Å². The quantitative estimate of drug-likeness (QED) is 0.664. The Morgan fingerprint density at radius 1 is 1.31 bits per heavy atom. The maximum Gasteiger partial charge on any atom is 0.248 e. The minimum atomic E-state index is -3.72. The number of ether oxygens (including phenoxy) is 1. The van der Waals surface area contributed by atoms with Gasteiger partial charge in [0.25, 0.3) is 0 Å². The van der Waals surface area contributed by atoms with Crippen LogP contribution in [-0.4, -0.2) is 39.3 Å². The third kappa shape index (κ3) is 4.96. The van der Waals surface area contributed by atoms with Crippen LogP contribution in [0, 0.1) is 0 Å². The van der Waals surface area contributed by atoms with Gasteiger partial charge in [-0.1, -0.05) is 0 Å². The molecule has 0 radical (unpaired) electrons. The fourth-order valence-electron chi connectivity index (χ4n) is 2.02. The lowest BCUT2D eigenvalue weighted by molar-refractivity contribution is -0.111. The SMILES string of the molecule is CCOc1ccc(NC(=O)/C=C\c2ccc(Br)o2)cc1S(=O)(=O)N(C)C. The molecule has 0 saturated heterocycles. The van der Waals surface area contributed by atoms with Gasteiger partial charge in [-0.3, -0.25) is 4.79 Å². The summed E-state index contributed by atoms with van der Waals surface area (Å²) in [5, 5.41) is 2.62. The number of amides is 1. The normalized spacial score (nSPS) is 11.9. The minimum Gasteiger partial charge on any atom is -0.492 e.